The highest BCUT2D eigenvalue weighted by Gasteiger charge is 2.44. The van der Waals surface area contributed by atoms with Gasteiger partial charge in [0.25, 0.3) is 12.9 Å². The number of halogens is 1. The van der Waals surface area contributed by atoms with Crippen molar-refractivity contribution in [1.82, 2.24) is 19.8 Å². The summed E-state index contributed by atoms with van der Waals surface area (Å²) >= 11 is 1.18. The molecule has 1 heterocycles. The van der Waals surface area contributed by atoms with Gasteiger partial charge in [0.2, 0.25) is 0 Å². The minimum atomic E-state index is -0.520. The van der Waals surface area contributed by atoms with Crippen molar-refractivity contribution in [3.05, 3.63) is 53.3 Å². The van der Waals surface area contributed by atoms with Crippen molar-refractivity contribution in [2.24, 2.45) is 0 Å². The summed E-state index contributed by atoms with van der Waals surface area (Å²) in [6, 6.07) is 10.1. The molecular formula is C23H32FN5O4S. The van der Waals surface area contributed by atoms with Gasteiger partial charge in [-0.2, -0.15) is 0 Å². The Morgan fingerprint density at radius 1 is 1.12 bits per heavy atom. The number of carbonyl (C=O) groups excluding carboxylic acids is 2. The van der Waals surface area contributed by atoms with Crippen molar-refractivity contribution in [3.63, 3.8) is 0 Å². The first-order valence-corrected chi connectivity index (χ1v) is 11.3. The molecule has 3 N–H and O–H groups in total. The zero-order valence-electron chi connectivity index (χ0n) is 20.1. The molecule has 0 atom stereocenters. The molecule has 0 unspecified atom stereocenters. The number of hydrogen-bond acceptors (Lipinski definition) is 10. The van der Waals surface area contributed by atoms with Crippen LogP contribution in [0.15, 0.2) is 36.4 Å². The predicted octanol–water partition coefficient (Wildman–Crippen LogP) is 2.20. The molecule has 0 amide bonds. The van der Waals surface area contributed by atoms with Crippen molar-refractivity contribution in [3.8, 4) is 11.5 Å². The fourth-order valence-electron chi connectivity index (χ4n) is 3.49. The van der Waals surface area contributed by atoms with E-state index in [2.05, 4.69) is 14.8 Å². The average molecular weight is 494 g/mol. The molecule has 0 bridgehead atoms. The smallest absolute Gasteiger partial charge is 0.298 e. The number of benzene rings is 2. The molecule has 34 heavy (non-hydrogen) atoms. The lowest BCUT2D eigenvalue weighted by Gasteiger charge is -2.50. The highest BCUT2D eigenvalue weighted by Crippen LogP contribution is 2.40. The molecule has 3 rings (SSSR count). The van der Waals surface area contributed by atoms with E-state index in [1.165, 1.54) is 18.2 Å². The minimum Gasteiger partial charge on any atom is -0.429 e. The molecule has 1 saturated heterocycles. The van der Waals surface area contributed by atoms with Crippen LogP contribution in [0.5, 0.6) is 11.5 Å². The van der Waals surface area contributed by atoms with Gasteiger partial charge >= 0.3 is 0 Å². The van der Waals surface area contributed by atoms with E-state index in [1.54, 1.807) is 37.4 Å². The van der Waals surface area contributed by atoms with Gasteiger partial charge < -0.3 is 24.4 Å². The van der Waals surface area contributed by atoms with Gasteiger partial charge in [0.1, 0.15) is 11.5 Å². The SMILES string of the molecule is CN(C)C.CNSNc1cccc(CN(C)C2(c3ccc(OC=O)cc3OC=O)CNC2)c1F. The maximum atomic E-state index is 14.9. The molecule has 1 fully saturated rings. The normalized spacial score (nSPS) is 14.0. The van der Waals surface area contributed by atoms with Crippen LogP contribution in [0.25, 0.3) is 0 Å². The van der Waals surface area contributed by atoms with Gasteiger partial charge in [-0.3, -0.25) is 14.5 Å². The second-order valence-corrected chi connectivity index (χ2v) is 8.92. The van der Waals surface area contributed by atoms with Crippen LogP contribution in [0.1, 0.15) is 11.1 Å². The number of nitrogens with zero attached hydrogens (tertiary/aromatic N) is 2. The largest absolute Gasteiger partial charge is 0.429 e. The highest BCUT2D eigenvalue weighted by atomic mass is 32.2. The lowest BCUT2D eigenvalue weighted by Crippen LogP contribution is -2.65. The van der Waals surface area contributed by atoms with Crippen LogP contribution >= 0.6 is 12.1 Å². The van der Waals surface area contributed by atoms with Crippen molar-refractivity contribution >= 4 is 30.8 Å². The summed E-state index contributed by atoms with van der Waals surface area (Å²) in [5.74, 6) is 0.232. The van der Waals surface area contributed by atoms with E-state index in [0.29, 0.717) is 49.6 Å². The molecule has 186 valence electrons. The van der Waals surface area contributed by atoms with Gasteiger partial charge in [0.15, 0.2) is 5.82 Å². The van der Waals surface area contributed by atoms with E-state index in [1.807, 2.05) is 38.0 Å². The molecule has 0 spiro atoms. The molecule has 1 aliphatic heterocycles. The lowest BCUT2D eigenvalue weighted by atomic mass is 9.81. The molecule has 1 aliphatic rings. The molecule has 0 saturated carbocycles. The van der Waals surface area contributed by atoms with Crippen LogP contribution in [0.4, 0.5) is 10.1 Å². The van der Waals surface area contributed by atoms with Gasteiger partial charge in [0, 0.05) is 49.0 Å². The van der Waals surface area contributed by atoms with Gasteiger partial charge in [-0.05, 0) is 53.4 Å². The summed E-state index contributed by atoms with van der Waals surface area (Å²) in [5, 5.41) is 3.24. The zero-order chi connectivity index (χ0) is 25.1. The number of likely N-dealkylation sites (N-methyl/N-ethyl adjacent to an activating group) is 1. The molecule has 0 aromatic heterocycles. The Morgan fingerprint density at radius 2 is 1.79 bits per heavy atom. The van der Waals surface area contributed by atoms with Crippen LogP contribution in [0.3, 0.4) is 0 Å². The first kappa shape index (κ1) is 27.5. The first-order chi connectivity index (χ1) is 16.3. The summed E-state index contributed by atoms with van der Waals surface area (Å²) in [4.78, 5) is 25.7. The third-order valence-electron chi connectivity index (χ3n) is 5.13. The van der Waals surface area contributed by atoms with Crippen LogP contribution in [0.2, 0.25) is 0 Å². The molecule has 2 aromatic rings. The van der Waals surface area contributed by atoms with Gasteiger partial charge in [0.05, 0.1) is 11.2 Å². The summed E-state index contributed by atoms with van der Waals surface area (Å²) < 4.78 is 30.7. The fraction of sp³-hybridized carbons (Fsp3) is 0.391. The van der Waals surface area contributed by atoms with E-state index in [0.717, 1.165) is 5.56 Å². The molecule has 0 aliphatic carbocycles. The number of nitrogens with one attached hydrogen (secondary N) is 3. The van der Waals surface area contributed by atoms with E-state index in [-0.39, 0.29) is 11.6 Å². The standard InChI is InChI=1S/C20H23FN4O4S.C3H9N/c1-22-30-24-17-5-3-4-14(19(17)21)9-25(2)20(10-23-11-20)16-7-6-15(28-12-26)8-18(16)29-13-27;1-4(2)3/h3-8,12-13,22-24H,9-11H2,1-2H3;1-3H3. The second-order valence-electron chi connectivity index (χ2n) is 8.11. The number of carbonyl (C=O) groups is 2. The Labute approximate surface area is 204 Å². The van der Waals surface area contributed by atoms with Crippen LogP contribution in [0, 0.1) is 5.82 Å². The quantitative estimate of drug-likeness (QED) is 0.319. The van der Waals surface area contributed by atoms with Crippen LogP contribution in [-0.4, -0.2) is 71.1 Å². The Kier molecular flexibility index (Phi) is 10.7. The molecule has 11 heteroatoms. The van der Waals surface area contributed by atoms with Crippen molar-refractivity contribution in [2.45, 2.75) is 12.1 Å². The Balaban J connectivity index is 0.000000945. The third kappa shape index (κ3) is 6.90. The van der Waals surface area contributed by atoms with E-state index in [9.17, 15) is 14.0 Å². The van der Waals surface area contributed by atoms with Gasteiger partial charge in [-0.1, -0.05) is 12.1 Å². The van der Waals surface area contributed by atoms with Crippen molar-refractivity contribution < 1.29 is 23.5 Å². The molecule has 0 radical (unpaired) electrons. The Hall–Kier alpha value is -2.70. The van der Waals surface area contributed by atoms with Crippen LogP contribution in [-0.2, 0) is 21.7 Å². The Morgan fingerprint density at radius 3 is 2.35 bits per heavy atom. The maximum Gasteiger partial charge on any atom is 0.298 e. The van der Waals surface area contributed by atoms with Gasteiger partial charge in [-0.15, -0.1) is 0 Å². The van der Waals surface area contributed by atoms with E-state index < -0.39 is 5.54 Å². The summed E-state index contributed by atoms with van der Waals surface area (Å²) in [6.07, 6.45) is 0. The zero-order valence-corrected chi connectivity index (χ0v) is 20.9. The summed E-state index contributed by atoms with van der Waals surface area (Å²) in [7, 11) is 9.63. The summed E-state index contributed by atoms with van der Waals surface area (Å²) in [6.45, 7) is 2.14. The van der Waals surface area contributed by atoms with Gasteiger partial charge in [-0.25, -0.2) is 9.11 Å². The monoisotopic (exact) mass is 493 g/mol. The minimum absolute atomic E-state index is 0.266. The topological polar surface area (TPSA) is 95.2 Å². The third-order valence-corrected chi connectivity index (χ3v) is 5.65. The van der Waals surface area contributed by atoms with Crippen molar-refractivity contribution in [2.75, 3.05) is 53.0 Å². The average Bonchev–Trinajstić information content (AvgIpc) is 2.75. The molecule has 2 aromatic carbocycles. The van der Waals surface area contributed by atoms with E-state index >= 15 is 0 Å². The lowest BCUT2D eigenvalue weighted by molar-refractivity contribution is -0.121. The predicted molar refractivity (Wildman–Crippen MR) is 132 cm³/mol. The first-order valence-electron chi connectivity index (χ1n) is 10.5. The number of anilines is 1. The maximum absolute atomic E-state index is 14.9. The fourth-order valence-corrected chi connectivity index (χ4v) is 3.86. The Bertz CT molecular complexity index is 956. The molecular weight excluding hydrogens is 461 g/mol. The second kappa shape index (κ2) is 13.3. The number of ether oxygens (including phenoxy) is 2. The number of rotatable bonds is 11. The van der Waals surface area contributed by atoms with Crippen molar-refractivity contribution in [1.29, 1.82) is 0 Å². The summed E-state index contributed by atoms with van der Waals surface area (Å²) in [5.41, 5.74) is 1.15. The molecule has 9 nitrogen and oxygen atoms in total. The van der Waals surface area contributed by atoms with Crippen LogP contribution < -0.4 is 24.2 Å². The number of hydrogen-bond donors (Lipinski definition) is 3. The highest BCUT2D eigenvalue weighted by molar-refractivity contribution is 7.98. The van der Waals surface area contributed by atoms with E-state index in [4.69, 9.17) is 9.47 Å².